The van der Waals surface area contributed by atoms with E-state index >= 15 is 0 Å². The van der Waals surface area contributed by atoms with Crippen LogP contribution in [0.4, 0.5) is 0 Å². The van der Waals surface area contributed by atoms with Crippen LogP contribution in [0.3, 0.4) is 0 Å². The number of hydrogen-bond acceptors (Lipinski definition) is 2. The third-order valence-corrected chi connectivity index (χ3v) is 3.76. The molecule has 2 aromatic rings. The zero-order chi connectivity index (χ0) is 13.8. The van der Waals surface area contributed by atoms with Gasteiger partial charge < -0.3 is 10.5 Å². The first-order valence-electron chi connectivity index (χ1n) is 6.00. The van der Waals surface area contributed by atoms with Crippen LogP contribution in [-0.2, 0) is 0 Å². The van der Waals surface area contributed by atoms with E-state index in [1.807, 2.05) is 55.5 Å². The van der Waals surface area contributed by atoms with Crippen molar-refractivity contribution in [3.63, 3.8) is 0 Å². The molecule has 0 aliphatic heterocycles. The fraction of sp³-hybridized carbons (Fsp3) is 0.200. The molecule has 0 amide bonds. The lowest BCUT2D eigenvalue weighted by Gasteiger charge is -2.24. The monoisotopic (exact) mass is 387 g/mol. The van der Waals surface area contributed by atoms with E-state index in [0.29, 0.717) is 5.02 Å². The van der Waals surface area contributed by atoms with Crippen LogP contribution in [0.1, 0.15) is 18.6 Å². The number of rotatable bonds is 4. The maximum atomic E-state index is 6.22. The molecule has 0 spiro atoms. The van der Waals surface area contributed by atoms with Crippen molar-refractivity contribution in [1.29, 1.82) is 0 Å². The molecule has 0 fully saturated rings. The van der Waals surface area contributed by atoms with Gasteiger partial charge >= 0.3 is 0 Å². The molecule has 2 rings (SSSR count). The van der Waals surface area contributed by atoms with Gasteiger partial charge in [-0.2, -0.15) is 0 Å². The maximum Gasteiger partial charge on any atom is 0.140 e. The molecule has 19 heavy (non-hydrogen) atoms. The molecule has 100 valence electrons. The van der Waals surface area contributed by atoms with Crippen LogP contribution in [0.2, 0.25) is 5.02 Å². The molecular formula is C15H15ClINO. The van der Waals surface area contributed by atoms with Crippen LogP contribution in [0.15, 0.2) is 48.5 Å². The summed E-state index contributed by atoms with van der Waals surface area (Å²) < 4.78 is 7.13. The quantitative estimate of drug-likeness (QED) is 0.789. The Morgan fingerprint density at radius 3 is 2.53 bits per heavy atom. The van der Waals surface area contributed by atoms with Crippen molar-refractivity contribution in [3.8, 4) is 5.75 Å². The minimum absolute atomic E-state index is 0.155. The summed E-state index contributed by atoms with van der Waals surface area (Å²) in [5.41, 5.74) is 6.95. The Balaban J connectivity index is 2.29. The molecule has 0 heterocycles. The van der Waals surface area contributed by atoms with Gasteiger partial charge in [0.25, 0.3) is 0 Å². The summed E-state index contributed by atoms with van der Waals surface area (Å²) in [6.45, 7) is 1.92. The van der Waals surface area contributed by atoms with Gasteiger partial charge in [0.2, 0.25) is 0 Å². The molecule has 0 aromatic heterocycles. The standard InChI is InChI=1S/C15H15ClINO/c1-10(18)15(13-7-2-3-8-14(13)16)19-12-6-4-5-11(17)9-12/h2-10,15H,18H2,1H3. The van der Waals surface area contributed by atoms with Gasteiger partial charge in [-0.3, -0.25) is 0 Å². The summed E-state index contributed by atoms with van der Waals surface area (Å²) in [6, 6.07) is 15.4. The molecule has 2 atom stereocenters. The molecule has 0 saturated heterocycles. The second-order valence-electron chi connectivity index (χ2n) is 4.38. The number of benzene rings is 2. The highest BCUT2D eigenvalue weighted by atomic mass is 127. The molecule has 0 bridgehead atoms. The second kappa shape index (κ2) is 6.59. The van der Waals surface area contributed by atoms with Gasteiger partial charge in [0.15, 0.2) is 0 Å². The summed E-state index contributed by atoms with van der Waals surface area (Å²) in [4.78, 5) is 0. The van der Waals surface area contributed by atoms with Crippen molar-refractivity contribution >= 4 is 34.2 Å². The Morgan fingerprint density at radius 2 is 1.89 bits per heavy atom. The van der Waals surface area contributed by atoms with E-state index in [1.54, 1.807) is 0 Å². The molecule has 4 heteroatoms. The Kier molecular flexibility index (Phi) is 5.07. The van der Waals surface area contributed by atoms with Crippen molar-refractivity contribution < 1.29 is 4.74 Å². The first kappa shape index (κ1) is 14.6. The van der Waals surface area contributed by atoms with Crippen LogP contribution in [0.25, 0.3) is 0 Å². The van der Waals surface area contributed by atoms with Crippen molar-refractivity contribution in [2.24, 2.45) is 5.73 Å². The zero-order valence-electron chi connectivity index (χ0n) is 10.5. The van der Waals surface area contributed by atoms with Crippen molar-refractivity contribution in [1.82, 2.24) is 0 Å². The van der Waals surface area contributed by atoms with Crippen molar-refractivity contribution in [2.45, 2.75) is 19.1 Å². The minimum atomic E-state index is -0.258. The molecule has 0 aliphatic rings. The third-order valence-electron chi connectivity index (χ3n) is 2.75. The predicted octanol–water partition coefficient (Wildman–Crippen LogP) is 4.41. The molecule has 2 unspecified atom stereocenters. The topological polar surface area (TPSA) is 35.2 Å². The predicted molar refractivity (Wildman–Crippen MR) is 87.6 cm³/mol. The SMILES string of the molecule is CC(N)C(Oc1cccc(I)c1)c1ccccc1Cl. The number of ether oxygens (including phenoxy) is 1. The van der Waals surface area contributed by atoms with Gasteiger partial charge in [-0.1, -0.05) is 35.9 Å². The Bertz CT molecular complexity index is 559. The van der Waals surface area contributed by atoms with Gasteiger partial charge in [0.05, 0.1) is 0 Å². The molecule has 0 radical (unpaired) electrons. The maximum absolute atomic E-state index is 6.22. The Labute approximate surface area is 132 Å². The van der Waals surface area contributed by atoms with E-state index in [2.05, 4.69) is 22.6 Å². The van der Waals surface area contributed by atoms with E-state index in [4.69, 9.17) is 22.1 Å². The lowest BCUT2D eigenvalue weighted by atomic mass is 10.0. The lowest BCUT2D eigenvalue weighted by molar-refractivity contribution is 0.180. The first-order chi connectivity index (χ1) is 9.08. The van der Waals surface area contributed by atoms with E-state index in [1.165, 1.54) is 0 Å². The summed E-state index contributed by atoms with van der Waals surface area (Å²) in [5, 5.41) is 0.676. The van der Waals surface area contributed by atoms with E-state index in [9.17, 15) is 0 Å². The third kappa shape index (κ3) is 3.84. The first-order valence-corrected chi connectivity index (χ1v) is 7.46. The van der Waals surface area contributed by atoms with Crippen molar-refractivity contribution in [3.05, 3.63) is 62.7 Å². The summed E-state index contributed by atoms with van der Waals surface area (Å²) >= 11 is 8.48. The van der Waals surface area contributed by atoms with E-state index in [-0.39, 0.29) is 12.1 Å². The largest absolute Gasteiger partial charge is 0.484 e. The van der Waals surface area contributed by atoms with Crippen LogP contribution in [-0.4, -0.2) is 6.04 Å². The fourth-order valence-electron chi connectivity index (χ4n) is 1.85. The van der Waals surface area contributed by atoms with Crippen LogP contribution in [0.5, 0.6) is 5.75 Å². The number of nitrogens with two attached hydrogens (primary N) is 1. The van der Waals surface area contributed by atoms with Gasteiger partial charge in [-0.15, -0.1) is 0 Å². The summed E-state index contributed by atoms with van der Waals surface area (Å²) in [5.74, 6) is 0.800. The Morgan fingerprint density at radius 1 is 1.16 bits per heavy atom. The van der Waals surface area contributed by atoms with Crippen LogP contribution < -0.4 is 10.5 Å². The lowest BCUT2D eigenvalue weighted by Crippen LogP contribution is -2.29. The average molecular weight is 388 g/mol. The van der Waals surface area contributed by atoms with Crippen LogP contribution >= 0.6 is 34.2 Å². The van der Waals surface area contributed by atoms with Gasteiger partial charge in [0, 0.05) is 20.2 Å². The zero-order valence-corrected chi connectivity index (χ0v) is 13.4. The number of halogens is 2. The average Bonchev–Trinajstić information content (AvgIpc) is 2.37. The highest BCUT2D eigenvalue weighted by molar-refractivity contribution is 14.1. The fourth-order valence-corrected chi connectivity index (χ4v) is 2.60. The van der Waals surface area contributed by atoms with E-state index in [0.717, 1.165) is 14.9 Å². The minimum Gasteiger partial charge on any atom is -0.484 e. The summed E-state index contributed by atoms with van der Waals surface area (Å²) in [6.07, 6.45) is -0.258. The molecule has 0 aliphatic carbocycles. The second-order valence-corrected chi connectivity index (χ2v) is 6.03. The van der Waals surface area contributed by atoms with E-state index < -0.39 is 0 Å². The molecule has 0 saturated carbocycles. The molecule has 2 aromatic carbocycles. The highest BCUT2D eigenvalue weighted by Crippen LogP contribution is 2.29. The van der Waals surface area contributed by atoms with Gasteiger partial charge in [-0.05, 0) is 53.8 Å². The van der Waals surface area contributed by atoms with Crippen molar-refractivity contribution in [2.75, 3.05) is 0 Å². The Hall–Kier alpha value is -0.780. The summed E-state index contributed by atoms with van der Waals surface area (Å²) in [7, 11) is 0. The smallest absolute Gasteiger partial charge is 0.140 e. The molecular weight excluding hydrogens is 373 g/mol. The normalized spacial score (nSPS) is 13.9. The molecule has 2 N–H and O–H groups in total. The number of hydrogen-bond donors (Lipinski definition) is 1. The highest BCUT2D eigenvalue weighted by Gasteiger charge is 2.20. The van der Waals surface area contributed by atoms with Crippen LogP contribution in [0, 0.1) is 3.57 Å². The van der Waals surface area contributed by atoms with Gasteiger partial charge in [-0.25, -0.2) is 0 Å². The molecule has 2 nitrogen and oxygen atoms in total. The van der Waals surface area contributed by atoms with Gasteiger partial charge in [0.1, 0.15) is 11.9 Å².